The molecule has 2 aromatic carbocycles. The van der Waals surface area contributed by atoms with E-state index in [0.29, 0.717) is 6.42 Å². The first-order valence-corrected chi connectivity index (χ1v) is 12.1. The molecular weight excluding hydrogens is 436 g/mol. The third kappa shape index (κ3) is 4.40. The summed E-state index contributed by atoms with van der Waals surface area (Å²) < 4.78 is 26.5. The fourth-order valence-corrected chi connectivity index (χ4v) is 5.77. The van der Waals surface area contributed by atoms with Crippen LogP contribution in [-0.4, -0.2) is 31.7 Å². The summed E-state index contributed by atoms with van der Waals surface area (Å²) in [6, 6.07) is 16.3. The number of nitrogens with one attached hydrogen (secondary N) is 2. The number of sulfone groups is 1. The van der Waals surface area contributed by atoms with Gasteiger partial charge in [-0.2, -0.15) is 0 Å². The van der Waals surface area contributed by atoms with Gasteiger partial charge in [0.1, 0.15) is 0 Å². The predicted molar refractivity (Wildman–Crippen MR) is 119 cm³/mol. The van der Waals surface area contributed by atoms with Gasteiger partial charge < -0.3 is 10.3 Å². The summed E-state index contributed by atoms with van der Waals surface area (Å²) in [6.45, 7) is 0.783. The fraction of sp³-hybridized carbons (Fsp3) is 0.273. The van der Waals surface area contributed by atoms with E-state index in [1.165, 1.54) is 11.1 Å². The zero-order valence-electron chi connectivity index (χ0n) is 15.5. The molecule has 1 unspecified atom stereocenters. The number of para-hydroxylation sites is 1. The Kier molecular flexibility index (Phi) is 5.71. The molecule has 0 fully saturated rings. The molecule has 4 nitrogen and oxygen atoms in total. The van der Waals surface area contributed by atoms with E-state index >= 15 is 0 Å². The van der Waals surface area contributed by atoms with Gasteiger partial charge in [-0.05, 0) is 51.5 Å². The molecule has 1 aromatic heterocycles. The van der Waals surface area contributed by atoms with Crippen molar-refractivity contribution in [2.45, 2.75) is 24.6 Å². The number of aromatic amines is 1. The number of hydrogen-bond acceptors (Lipinski definition) is 3. The van der Waals surface area contributed by atoms with Crippen molar-refractivity contribution in [2.75, 3.05) is 12.3 Å². The Morgan fingerprint density at radius 2 is 1.89 bits per heavy atom. The van der Waals surface area contributed by atoms with Crippen molar-refractivity contribution < 1.29 is 8.42 Å². The lowest BCUT2D eigenvalue weighted by molar-refractivity contribution is 0.515. The summed E-state index contributed by atoms with van der Waals surface area (Å²) in [5, 5.41) is 4.40. The van der Waals surface area contributed by atoms with Crippen LogP contribution >= 0.6 is 15.9 Å². The summed E-state index contributed by atoms with van der Waals surface area (Å²) in [7, 11) is -3.19. The van der Waals surface area contributed by atoms with Gasteiger partial charge in [-0.25, -0.2) is 8.42 Å². The number of benzene rings is 2. The Balaban J connectivity index is 1.40. The van der Waals surface area contributed by atoms with Gasteiger partial charge in [-0.3, -0.25) is 0 Å². The monoisotopic (exact) mass is 458 g/mol. The normalized spacial score (nSPS) is 17.6. The van der Waals surface area contributed by atoms with E-state index in [-0.39, 0.29) is 17.5 Å². The Bertz CT molecular complexity index is 1100. The molecule has 28 heavy (non-hydrogen) atoms. The highest BCUT2D eigenvalue weighted by atomic mass is 79.9. The highest BCUT2D eigenvalue weighted by Crippen LogP contribution is 2.27. The molecule has 0 amide bonds. The molecule has 0 bridgehead atoms. The van der Waals surface area contributed by atoms with E-state index in [4.69, 9.17) is 0 Å². The molecule has 0 saturated heterocycles. The van der Waals surface area contributed by atoms with E-state index in [1.54, 1.807) is 0 Å². The molecule has 1 atom stereocenters. The Morgan fingerprint density at radius 3 is 2.71 bits per heavy atom. The first-order valence-electron chi connectivity index (χ1n) is 9.44. The molecule has 0 radical (unpaired) electrons. The Labute approximate surface area is 174 Å². The maximum Gasteiger partial charge on any atom is 0.154 e. The van der Waals surface area contributed by atoms with Gasteiger partial charge in [0.2, 0.25) is 0 Å². The number of hydrogen-bond donors (Lipinski definition) is 2. The molecule has 146 valence electrons. The molecule has 1 aliphatic heterocycles. The summed E-state index contributed by atoms with van der Waals surface area (Å²) in [5.74, 6) is 0.255. The van der Waals surface area contributed by atoms with Crippen molar-refractivity contribution in [1.82, 2.24) is 10.3 Å². The van der Waals surface area contributed by atoms with Crippen molar-refractivity contribution >= 4 is 42.2 Å². The predicted octanol–water partition coefficient (Wildman–Crippen LogP) is 4.68. The van der Waals surface area contributed by atoms with Crippen molar-refractivity contribution in [3.05, 3.63) is 76.4 Å². The zero-order chi connectivity index (χ0) is 19.6. The second-order valence-electron chi connectivity index (χ2n) is 7.26. The van der Waals surface area contributed by atoms with Crippen LogP contribution in [-0.2, 0) is 15.6 Å². The summed E-state index contributed by atoms with van der Waals surface area (Å²) >= 11 is 3.50. The molecule has 4 rings (SSSR count). The third-order valence-electron chi connectivity index (χ3n) is 5.27. The van der Waals surface area contributed by atoms with Crippen molar-refractivity contribution in [3.63, 3.8) is 0 Å². The molecule has 0 aliphatic carbocycles. The molecule has 2 N–H and O–H groups in total. The Morgan fingerprint density at radius 1 is 1.07 bits per heavy atom. The van der Waals surface area contributed by atoms with Crippen molar-refractivity contribution in [3.8, 4) is 0 Å². The van der Waals surface area contributed by atoms with Gasteiger partial charge in [-0.15, -0.1) is 0 Å². The summed E-state index contributed by atoms with van der Waals surface area (Å²) in [5.41, 5.74) is 4.29. The van der Waals surface area contributed by atoms with Gasteiger partial charge >= 0.3 is 0 Å². The molecule has 0 saturated carbocycles. The van der Waals surface area contributed by atoms with E-state index in [0.717, 1.165) is 33.9 Å². The van der Waals surface area contributed by atoms with Crippen LogP contribution in [0.4, 0.5) is 0 Å². The van der Waals surface area contributed by atoms with Gasteiger partial charge in [-0.1, -0.05) is 48.5 Å². The number of halogens is 1. The molecule has 0 spiro atoms. The van der Waals surface area contributed by atoms with Gasteiger partial charge in [0.25, 0.3) is 0 Å². The average Bonchev–Trinajstić information content (AvgIpc) is 3.11. The van der Waals surface area contributed by atoms with Crippen LogP contribution < -0.4 is 5.32 Å². The SMILES string of the molecule is O=S(=O)(CCC1CC(c2ccccc2)=CCN1)Cc1c[nH]c2c(Br)cccc12. The van der Waals surface area contributed by atoms with Gasteiger partial charge in [0.05, 0.1) is 17.0 Å². The van der Waals surface area contributed by atoms with E-state index in [1.807, 2.05) is 42.6 Å². The van der Waals surface area contributed by atoms with Crippen LogP contribution in [0.5, 0.6) is 0 Å². The van der Waals surface area contributed by atoms with Crippen LogP contribution in [0.1, 0.15) is 24.0 Å². The largest absolute Gasteiger partial charge is 0.360 e. The van der Waals surface area contributed by atoms with Crippen molar-refractivity contribution in [2.24, 2.45) is 0 Å². The van der Waals surface area contributed by atoms with Crippen LogP contribution in [0, 0.1) is 0 Å². The minimum absolute atomic E-state index is 0.0670. The smallest absolute Gasteiger partial charge is 0.154 e. The Hall–Kier alpha value is -1.89. The lowest BCUT2D eigenvalue weighted by atomic mass is 9.94. The standard InChI is InChI=1S/C22H23BrN2O2S/c23-21-8-4-7-20-18(14-25-22(20)21)15-28(26,27)12-10-19-13-17(9-11-24-19)16-5-2-1-3-6-16/h1-9,14,19,24-25H,10-13,15H2. The number of H-pyrrole nitrogens is 1. The maximum atomic E-state index is 12.8. The van der Waals surface area contributed by atoms with Crippen LogP contribution in [0.15, 0.2) is 65.3 Å². The second-order valence-corrected chi connectivity index (χ2v) is 10.3. The van der Waals surface area contributed by atoms with E-state index < -0.39 is 9.84 Å². The minimum Gasteiger partial charge on any atom is -0.360 e. The van der Waals surface area contributed by atoms with Gasteiger partial charge in [0.15, 0.2) is 9.84 Å². The topological polar surface area (TPSA) is 62.0 Å². The number of aromatic nitrogens is 1. The second kappa shape index (κ2) is 8.23. The molecule has 6 heteroatoms. The first kappa shape index (κ1) is 19.4. The number of rotatable bonds is 6. The van der Waals surface area contributed by atoms with E-state index in [2.05, 4.69) is 44.4 Å². The molecule has 2 heterocycles. The quantitative estimate of drug-likeness (QED) is 0.563. The van der Waals surface area contributed by atoms with Crippen LogP contribution in [0.2, 0.25) is 0 Å². The molecule has 3 aromatic rings. The molecular formula is C22H23BrN2O2S. The van der Waals surface area contributed by atoms with Gasteiger partial charge in [0, 0.05) is 28.6 Å². The maximum absolute atomic E-state index is 12.8. The zero-order valence-corrected chi connectivity index (χ0v) is 17.9. The highest BCUT2D eigenvalue weighted by Gasteiger charge is 2.21. The van der Waals surface area contributed by atoms with Crippen molar-refractivity contribution in [1.29, 1.82) is 0 Å². The summed E-state index contributed by atoms with van der Waals surface area (Å²) in [6.07, 6.45) is 5.49. The lowest BCUT2D eigenvalue weighted by Gasteiger charge is -2.24. The summed E-state index contributed by atoms with van der Waals surface area (Å²) in [4.78, 5) is 3.18. The first-order chi connectivity index (χ1) is 13.5. The average molecular weight is 459 g/mol. The fourth-order valence-electron chi connectivity index (χ4n) is 3.79. The minimum atomic E-state index is -3.19. The molecule has 1 aliphatic rings. The highest BCUT2D eigenvalue weighted by molar-refractivity contribution is 9.10. The lowest BCUT2D eigenvalue weighted by Crippen LogP contribution is -2.34. The van der Waals surface area contributed by atoms with Crippen LogP contribution in [0.3, 0.4) is 0 Å². The van der Waals surface area contributed by atoms with E-state index in [9.17, 15) is 8.42 Å². The third-order valence-corrected chi connectivity index (χ3v) is 7.54. The number of fused-ring (bicyclic) bond motifs is 1. The van der Waals surface area contributed by atoms with Crippen LogP contribution in [0.25, 0.3) is 16.5 Å².